The van der Waals surface area contributed by atoms with Gasteiger partial charge in [-0.15, -0.1) is 0 Å². The van der Waals surface area contributed by atoms with E-state index in [0.717, 1.165) is 16.5 Å². The van der Waals surface area contributed by atoms with Gasteiger partial charge >= 0.3 is 0 Å². The summed E-state index contributed by atoms with van der Waals surface area (Å²) in [5, 5.41) is 5.88. The van der Waals surface area contributed by atoms with Crippen molar-refractivity contribution in [1.29, 1.82) is 0 Å². The summed E-state index contributed by atoms with van der Waals surface area (Å²) in [6, 6.07) is 10.9. The van der Waals surface area contributed by atoms with Gasteiger partial charge in [-0.25, -0.2) is 0 Å². The molecule has 0 radical (unpaired) electrons. The molecule has 1 aliphatic rings. The van der Waals surface area contributed by atoms with E-state index in [4.69, 9.17) is 4.52 Å². The molecule has 3 aromatic rings. The molecule has 1 aromatic heterocycles. The van der Waals surface area contributed by atoms with Gasteiger partial charge in [-0.2, -0.15) is 4.98 Å². The van der Waals surface area contributed by atoms with Gasteiger partial charge < -0.3 is 9.42 Å². The lowest BCUT2D eigenvalue weighted by Crippen LogP contribution is -2.47. The second kappa shape index (κ2) is 7.31. The smallest absolute Gasteiger partial charge is 0.259 e. The van der Waals surface area contributed by atoms with E-state index in [1.54, 1.807) is 23.8 Å². The highest BCUT2D eigenvalue weighted by Gasteiger charge is 2.36. The topological polar surface area (TPSA) is 79.5 Å². The van der Waals surface area contributed by atoms with Crippen LogP contribution in [0.2, 0.25) is 0 Å². The first-order valence-electron chi connectivity index (χ1n) is 9.81. The molecule has 0 bridgehead atoms. The molecule has 2 heterocycles. The van der Waals surface area contributed by atoms with Crippen molar-refractivity contribution in [1.82, 2.24) is 15.0 Å². The second-order valence-electron chi connectivity index (χ2n) is 7.75. The van der Waals surface area contributed by atoms with Crippen LogP contribution < -0.4 is 4.90 Å². The van der Waals surface area contributed by atoms with Crippen molar-refractivity contribution in [2.24, 2.45) is 0 Å². The molecule has 0 saturated carbocycles. The summed E-state index contributed by atoms with van der Waals surface area (Å²) in [6.07, 6.45) is 0.495. The molecular formula is C22H24N4O3. The molecule has 7 heteroatoms. The zero-order chi connectivity index (χ0) is 20.7. The molecule has 0 aliphatic carbocycles. The number of likely N-dealkylation sites (N-methyl/N-ethyl adjacent to an activating group) is 1. The van der Waals surface area contributed by atoms with Gasteiger partial charge in [0.05, 0.1) is 5.69 Å². The summed E-state index contributed by atoms with van der Waals surface area (Å²) in [4.78, 5) is 33.6. The van der Waals surface area contributed by atoms with Crippen molar-refractivity contribution in [3.05, 3.63) is 53.7 Å². The van der Waals surface area contributed by atoms with Crippen molar-refractivity contribution in [2.75, 3.05) is 18.5 Å². The monoisotopic (exact) mass is 392 g/mol. The molecule has 0 fully saturated rings. The SMILES string of the molecule is CC(C)c1nc(CCN(C)C(=O)[C@H](C)N2C(=O)c3cccc4cccc2c34)no1. The van der Waals surface area contributed by atoms with E-state index >= 15 is 0 Å². The fraction of sp³-hybridized carbons (Fsp3) is 0.364. The Morgan fingerprint density at radius 1 is 1.17 bits per heavy atom. The number of hydrogen-bond acceptors (Lipinski definition) is 5. The summed E-state index contributed by atoms with van der Waals surface area (Å²) >= 11 is 0. The van der Waals surface area contributed by atoms with Crippen LogP contribution in [-0.2, 0) is 11.2 Å². The predicted octanol–water partition coefficient (Wildman–Crippen LogP) is 3.40. The summed E-state index contributed by atoms with van der Waals surface area (Å²) in [6.45, 7) is 6.19. The van der Waals surface area contributed by atoms with Crippen LogP contribution in [0, 0.1) is 0 Å². The highest BCUT2D eigenvalue weighted by atomic mass is 16.5. The number of hydrogen-bond donors (Lipinski definition) is 0. The van der Waals surface area contributed by atoms with E-state index in [0.29, 0.717) is 30.2 Å². The van der Waals surface area contributed by atoms with Gasteiger partial charge in [-0.3, -0.25) is 14.5 Å². The Balaban J connectivity index is 1.49. The number of benzene rings is 2. The Kier molecular flexibility index (Phi) is 4.82. The molecule has 29 heavy (non-hydrogen) atoms. The first-order valence-corrected chi connectivity index (χ1v) is 9.81. The van der Waals surface area contributed by atoms with Gasteiger partial charge in [0.2, 0.25) is 11.8 Å². The fourth-order valence-electron chi connectivity index (χ4n) is 3.73. The number of amides is 2. The van der Waals surface area contributed by atoms with Gasteiger partial charge in [-0.05, 0) is 24.4 Å². The molecule has 4 rings (SSSR count). The zero-order valence-electron chi connectivity index (χ0n) is 17.0. The molecule has 0 N–H and O–H groups in total. The van der Waals surface area contributed by atoms with Crippen molar-refractivity contribution in [2.45, 2.75) is 39.2 Å². The van der Waals surface area contributed by atoms with Crippen LogP contribution in [0.5, 0.6) is 0 Å². The van der Waals surface area contributed by atoms with Crippen molar-refractivity contribution in [3.63, 3.8) is 0 Å². The number of anilines is 1. The Bertz CT molecular complexity index is 1080. The molecular weight excluding hydrogens is 368 g/mol. The van der Waals surface area contributed by atoms with E-state index in [1.165, 1.54) is 0 Å². The minimum absolute atomic E-state index is 0.129. The molecule has 0 spiro atoms. The maximum Gasteiger partial charge on any atom is 0.259 e. The largest absolute Gasteiger partial charge is 0.344 e. The lowest BCUT2D eigenvalue weighted by molar-refractivity contribution is -0.130. The standard InChI is InChI=1S/C22H24N4O3/c1-13(2)20-23-18(24-29-20)11-12-25(4)21(27)14(3)26-17-10-6-8-15-7-5-9-16(19(15)17)22(26)28/h5-10,13-14H,11-12H2,1-4H3/t14-/m0/s1. The molecule has 150 valence electrons. The summed E-state index contributed by atoms with van der Waals surface area (Å²) < 4.78 is 5.21. The van der Waals surface area contributed by atoms with Gasteiger partial charge in [0, 0.05) is 36.9 Å². The Morgan fingerprint density at radius 2 is 1.90 bits per heavy atom. The van der Waals surface area contributed by atoms with Crippen molar-refractivity contribution >= 4 is 28.3 Å². The quantitative estimate of drug-likeness (QED) is 0.642. The van der Waals surface area contributed by atoms with E-state index in [2.05, 4.69) is 10.1 Å². The van der Waals surface area contributed by atoms with Gasteiger partial charge in [-0.1, -0.05) is 43.3 Å². The van der Waals surface area contributed by atoms with E-state index < -0.39 is 6.04 Å². The Hall–Kier alpha value is -3.22. The third-order valence-corrected chi connectivity index (χ3v) is 5.36. The Morgan fingerprint density at radius 3 is 2.59 bits per heavy atom. The number of carbonyl (C=O) groups excluding carboxylic acids is 2. The first-order chi connectivity index (χ1) is 13.9. The highest BCUT2D eigenvalue weighted by Crippen LogP contribution is 2.38. The van der Waals surface area contributed by atoms with Gasteiger partial charge in [0.25, 0.3) is 5.91 Å². The number of nitrogens with zero attached hydrogens (tertiary/aromatic N) is 4. The summed E-state index contributed by atoms with van der Waals surface area (Å²) in [5.74, 6) is 1.08. The lowest BCUT2D eigenvalue weighted by Gasteiger charge is -2.28. The minimum Gasteiger partial charge on any atom is -0.344 e. The lowest BCUT2D eigenvalue weighted by atomic mass is 10.1. The molecule has 2 aromatic carbocycles. The number of rotatable bonds is 6. The number of carbonyl (C=O) groups is 2. The minimum atomic E-state index is -0.609. The third-order valence-electron chi connectivity index (χ3n) is 5.36. The van der Waals surface area contributed by atoms with Crippen LogP contribution >= 0.6 is 0 Å². The average molecular weight is 392 g/mol. The predicted molar refractivity (Wildman–Crippen MR) is 110 cm³/mol. The average Bonchev–Trinajstić information content (AvgIpc) is 3.30. The van der Waals surface area contributed by atoms with E-state index in [9.17, 15) is 9.59 Å². The normalized spacial score (nSPS) is 14.1. The summed E-state index contributed by atoms with van der Waals surface area (Å²) in [7, 11) is 1.73. The van der Waals surface area contributed by atoms with Crippen LogP contribution in [0.4, 0.5) is 5.69 Å². The molecule has 7 nitrogen and oxygen atoms in total. The molecule has 0 unspecified atom stereocenters. The van der Waals surface area contributed by atoms with Gasteiger partial charge in [0.1, 0.15) is 6.04 Å². The van der Waals surface area contributed by atoms with Crippen molar-refractivity contribution < 1.29 is 14.1 Å². The van der Waals surface area contributed by atoms with Crippen LogP contribution in [0.25, 0.3) is 10.8 Å². The van der Waals surface area contributed by atoms with Crippen LogP contribution in [0.3, 0.4) is 0 Å². The second-order valence-corrected chi connectivity index (χ2v) is 7.75. The molecule has 1 atom stereocenters. The maximum absolute atomic E-state index is 13.0. The summed E-state index contributed by atoms with van der Waals surface area (Å²) in [5.41, 5.74) is 1.44. The zero-order valence-corrected chi connectivity index (χ0v) is 17.0. The Labute approximate surface area is 169 Å². The number of aromatic nitrogens is 2. The molecule has 1 aliphatic heterocycles. The van der Waals surface area contributed by atoms with E-state index in [-0.39, 0.29) is 17.7 Å². The van der Waals surface area contributed by atoms with Crippen molar-refractivity contribution in [3.8, 4) is 0 Å². The van der Waals surface area contributed by atoms with Gasteiger partial charge in [0.15, 0.2) is 5.82 Å². The maximum atomic E-state index is 13.0. The van der Waals surface area contributed by atoms with E-state index in [1.807, 2.05) is 50.2 Å². The molecule has 2 amide bonds. The van der Waals surface area contributed by atoms with Crippen LogP contribution in [0.1, 0.15) is 48.8 Å². The highest BCUT2D eigenvalue weighted by molar-refractivity contribution is 6.26. The fourth-order valence-corrected chi connectivity index (χ4v) is 3.73. The first kappa shape index (κ1) is 19.1. The third kappa shape index (κ3) is 3.26. The van der Waals surface area contributed by atoms with Crippen LogP contribution in [0.15, 0.2) is 40.9 Å². The van der Waals surface area contributed by atoms with Crippen LogP contribution in [-0.4, -0.2) is 46.5 Å². The molecule has 0 saturated heterocycles.